The van der Waals surface area contributed by atoms with E-state index in [9.17, 15) is 17.6 Å². The molecule has 0 fully saturated rings. The fourth-order valence-corrected chi connectivity index (χ4v) is 1.49. The Morgan fingerprint density at radius 2 is 1.88 bits per heavy atom. The minimum absolute atomic E-state index is 0.00215. The Hall–Kier alpha value is -1.92. The molecule has 1 aromatic carbocycles. The van der Waals surface area contributed by atoms with Gasteiger partial charge in [0.25, 0.3) is 0 Å². The van der Waals surface area contributed by atoms with E-state index in [0.29, 0.717) is 6.07 Å². The van der Waals surface area contributed by atoms with Gasteiger partial charge in [0, 0.05) is 12.4 Å². The van der Waals surface area contributed by atoms with Crippen LogP contribution in [0.15, 0.2) is 18.5 Å². The quantitative estimate of drug-likeness (QED) is 0.785. The first kappa shape index (κ1) is 11.6. The lowest BCUT2D eigenvalue weighted by molar-refractivity contribution is -0.137. The molecule has 0 saturated carbocycles. The third-order valence-corrected chi connectivity index (χ3v) is 2.26. The number of fused-ring (bicyclic) bond motifs is 1. The molecule has 0 spiro atoms. The number of hydrogen-bond donors (Lipinski definition) is 1. The fraction of sp³-hybridized carbons (Fsp3) is 0.200. The van der Waals surface area contributed by atoms with Gasteiger partial charge in [0.05, 0.1) is 5.56 Å². The van der Waals surface area contributed by atoms with Crippen LogP contribution in [0.1, 0.15) is 5.56 Å². The van der Waals surface area contributed by atoms with Crippen LogP contribution in [0.2, 0.25) is 0 Å². The lowest BCUT2D eigenvalue weighted by atomic mass is 10.1. The van der Waals surface area contributed by atoms with E-state index in [4.69, 9.17) is 0 Å². The first-order chi connectivity index (χ1) is 7.93. The minimum Gasteiger partial charge on any atom is -0.373 e. The summed E-state index contributed by atoms with van der Waals surface area (Å²) in [5, 5.41) is 2.59. The predicted molar refractivity (Wildman–Crippen MR) is 54.0 cm³/mol. The van der Waals surface area contributed by atoms with E-state index >= 15 is 0 Å². The molecule has 7 heteroatoms. The number of hydrogen-bond acceptors (Lipinski definition) is 3. The van der Waals surface area contributed by atoms with E-state index in [2.05, 4.69) is 15.3 Å². The van der Waals surface area contributed by atoms with Crippen LogP contribution in [-0.2, 0) is 6.18 Å². The maximum Gasteiger partial charge on any atom is 0.416 e. The summed E-state index contributed by atoms with van der Waals surface area (Å²) in [7, 11) is 1.49. The molecule has 0 bridgehead atoms. The normalized spacial score (nSPS) is 11.8. The van der Waals surface area contributed by atoms with Gasteiger partial charge in [-0.2, -0.15) is 13.2 Å². The van der Waals surface area contributed by atoms with E-state index in [-0.39, 0.29) is 16.7 Å². The molecule has 17 heavy (non-hydrogen) atoms. The average molecular weight is 245 g/mol. The molecule has 0 unspecified atom stereocenters. The van der Waals surface area contributed by atoms with Crippen LogP contribution in [0, 0.1) is 5.82 Å². The minimum atomic E-state index is -4.60. The molecule has 0 saturated heterocycles. The van der Waals surface area contributed by atoms with Crippen molar-refractivity contribution >= 4 is 16.7 Å². The van der Waals surface area contributed by atoms with Crippen LogP contribution < -0.4 is 5.32 Å². The summed E-state index contributed by atoms with van der Waals surface area (Å²) < 4.78 is 51.0. The number of benzene rings is 1. The molecular formula is C10H7F4N3. The van der Waals surface area contributed by atoms with Crippen LogP contribution in [0.5, 0.6) is 0 Å². The Bertz CT molecular complexity index is 565. The van der Waals surface area contributed by atoms with Gasteiger partial charge in [-0.15, -0.1) is 0 Å². The standard InChI is InChI=1S/C10H7F4N3/c1-15-9-6-2-5(10(12,13)14)3-7(11)8(6)16-4-17-9/h2-4H,1H3,(H,15,16,17). The van der Waals surface area contributed by atoms with E-state index in [1.807, 2.05) is 0 Å². The highest BCUT2D eigenvalue weighted by Crippen LogP contribution is 2.33. The molecule has 0 amide bonds. The van der Waals surface area contributed by atoms with E-state index in [1.54, 1.807) is 0 Å². The molecule has 1 N–H and O–H groups in total. The Morgan fingerprint density at radius 1 is 1.18 bits per heavy atom. The number of aromatic nitrogens is 2. The lowest BCUT2D eigenvalue weighted by Gasteiger charge is -2.10. The molecule has 1 aromatic heterocycles. The topological polar surface area (TPSA) is 37.8 Å². The Morgan fingerprint density at radius 3 is 2.47 bits per heavy atom. The Labute approximate surface area is 93.5 Å². The summed E-state index contributed by atoms with van der Waals surface area (Å²) >= 11 is 0. The third kappa shape index (κ3) is 2.00. The van der Waals surface area contributed by atoms with E-state index in [1.165, 1.54) is 7.05 Å². The van der Waals surface area contributed by atoms with Crippen molar-refractivity contribution in [2.75, 3.05) is 12.4 Å². The molecule has 2 rings (SSSR count). The lowest BCUT2D eigenvalue weighted by Crippen LogP contribution is -2.06. The van der Waals surface area contributed by atoms with Crippen molar-refractivity contribution in [3.05, 3.63) is 29.8 Å². The molecule has 1 heterocycles. The summed E-state index contributed by atoms with van der Waals surface area (Å²) in [4.78, 5) is 7.35. The van der Waals surface area contributed by atoms with Gasteiger partial charge in [0.1, 0.15) is 23.5 Å². The van der Waals surface area contributed by atoms with Gasteiger partial charge in [0.2, 0.25) is 0 Å². The van der Waals surface area contributed by atoms with Crippen LogP contribution in [0.4, 0.5) is 23.4 Å². The van der Waals surface area contributed by atoms with Gasteiger partial charge < -0.3 is 5.32 Å². The van der Waals surface area contributed by atoms with Crippen molar-refractivity contribution in [3.63, 3.8) is 0 Å². The molecule has 2 aromatic rings. The highest BCUT2D eigenvalue weighted by atomic mass is 19.4. The molecule has 0 aliphatic carbocycles. The van der Waals surface area contributed by atoms with E-state index < -0.39 is 17.6 Å². The number of nitrogens with zero attached hydrogens (tertiary/aromatic N) is 2. The summed E-state index contributed by atoms with van der Waals surface area (Å²) in [6, 6.07) is 1.25. The largest absolute Gasteiger partial charge is 0.416 e. The first-order valence-electron chi connectivity index (χ1n) is 4.62. The molecule has 0 radical (unpaired) electrons. The smallest absolute Gasteiger partial charge is 0.373 e. The van der Waals surface area contributed by atoms with Gasteiger partial charge in [-0.25, -0.2) is 14.4 Å². The van der Waals surface area contributed by atoms with Crippen molar-refractivity contribution in [1.82, 2.24) is 9.97 Å². The second-order valence-corrected chi connectivity index (χ2v) is 3.32. The highest BCUT2D eigenvalue weighted by molar-refractivity contribution is 5.89. The monoisotopic (exact) mass is 245 g/mol. The zero-order valence-corrected chi connectivity index (χ0v) is 8.64. The Kier molecular flexibility index (Phi) is 2.60. The van der Waals surface area contributed by atoms with Gasteiger partial charge in [-0.3, -0.25) is 0 Å². The van der Waals surface area contributed by atoms with Crippen LogP contribution in [0.3, 0.4) is 0 Å². The van der Waals surface area contributed by atoms with Crippen molar-refractivity contribution < 1.29 is 17.6 Å². The Balaban J connectivity index is 2.79. The summed E-state index contributed by atoms with van der Waals surface area (Å²) in [5.41, 5.74) is -1.20. The van der Waals surface area contributed by atoms with Crippen molar-refractivity contribution in [2.24, 2.45) is 0 Å². The summed E-state index contributed by atoms with van der Waals surface area (Å²) in [6.07, 6.45) is -3.51. The highest BCUT2D eigenvalue weighted by Gasteiger charge is 2.32. The zero-order chi connectivity index (χ0) is 12.6. The molecule has 0 aliphatic rings. The number of alkyl halides is 3. The fourth-order valence-electron chi connectivity index (χ4n) is 1.49. The van der Waals surface area contributed by atoms with Crippen molar-refractivity contribution in [1.29, 1.82) is 0 Å². The number of anilines is 1. The maximum atomic E-state index is 13.5. The van der Waals surface area contributed by atoms with Gasteiger partial charge in [-0.05, 0) is 12.1 Å². The second-order valence-electron chi connectivity index (χ2n) is 3.32. The molecular weight excluding hydrogens is 238 g/mol. The maximum absolute atomic E-state index is 13.5. The first-order valence-corrected chi connectivity index (χ1v) is 4.62. The number of halogens is 4. The van der Waals surface area contributed by atoms with E-state index in [0.717, 1.165) is 12.4 Å². The molecule has 0 aliphatic heterocycles. The van der Waals surface area contributed by atoms with Crippen LogP contribution in [0.25, 0.3) is 10.9 Å². The predicted octanol–water partition coefficient (Wildman–Crippen LogP) is 2.83. The van der Waals surface area contributed by atoms with Crippen LogP contribution >= 0.6 is 0 Å². The zero-order valence-electron chi connectivity index (χ0n) is 8.64. The molecule has 3 nitrogen and oxygen atoms in total. The van der Waals surface area contributed by atoms with Gasteiger partial charge in [-0.1, -0.05) is 0 Å². The van der Waals surface area contributed by atoms with Crippen molar-refractivity contribution in [2.45, 2.75) is 6.18 Å². The molecule has 0 atom stereocenters. The summed E-state index contributed by atoms with van der Waals surface area (Å²) in [6.45, 7) is 0. The average Bonchev–Trinajstić information content (AvgIpc) is 2.27. The van der Waals surface area contributed by atoms with Gasteiger partial charge >= 0.3 is 6.18 Å². The van der Waals surface area contributed by atoms with Crippen LogP contribution in [-0.4, -0.2) is 17.0 Å². The van der Waals surface area contributed by atoms with Crippen molar-refractivity contribution in [3.8, 4) is 0 Å². The molecule has 90 valence electrons. The second kappa shape index (κ2) is 3.83. The summed E-state index contributed by atoms with van der Waals surface area (Å²) in [5.74, 6) is -0.867. The number of rotatable bonds is 1. The van der Waals surface area contributed by atoms with Gasteiger partial charge in [0.15, 0.2) is 0 Å². The third-order valence-electron chi connectivity index (χ3n) is 2.26. The SMILES string of the molecule is CNc1ncnc2c(F)cc(C(F)(F)F)cc12. The number of nitrogens with one attached hydrogen (secondary N) is 1.